The van der Waals surface area contributed by atoms with Crippen LogP contribution < -0.4 is 26.5 Å². The first-order valence-corrected chi connectivity index (χ1v) is 21.6. The number of nitrogens with zero attached hydrogens (tertiary/aromatic N) is 5. The number of rotatable bonds is 11. The zero-order valence-corrected chi connectivity index (χ0v) is 34.0. The summed E-state index contributed by atoms with van der Waals surface area (Å²) in [7, 11) is 1.77. The van der Waals surface area contributed by atoms with Gasteiger partial charge in [-0.25, -0.2) is 9.78 Å². The van der Waals surface area contributed by atoms with Crippen LogP contribution >= 0.6 is 11.3 Å². The Balaban J connectivity index is 0.753. The highest BCUT2D eigenvalue weighted by molar-refractivity contribution is 7.21. The number of imidazole rings is 1. The van der Waals surface area contributed by atoms with Crippen molar-refractivity contribution in [2.45, 2.75) is 70.4 Å². The topological polar surface area (TPSA) is 134 Å². The summed E-state index contributed by atoms with van der Waals surface area (Å²) in [4.78, 5) is 61.4. The van der Waals surface area contributed by atoms with Gasteiger partial charge in [0.15, 0.2) is 0 Å². The molecule has 2 fully saturated rings. The van der Waals surface area contributed by atoms with Crippen molar-refractivity contribution in [3.63, 3.8) is 0 Å². The number of nitrogens with one attached hydrogen (secondary N) is 3. The zero-order valence-electron chi connectivity index (χ0n) is 33.2. The van der Waals surface area contributed by atoms with E-state index in [-0.39, 0.29) is 30.0 Å². The molecule has 3 aromatic heterocycles. The van der Waals surface area contributed by atoms with E-state index >= 15 is 0 Å². The molecule has 6 aromatic rings. The average Bonchev–Trinajstić information content (AvgIpc) is 3.69. The molecular weight excluding hydrogens is 749 g/mol. The molecule has 2 saturated heterocycles. The number of piperidine rings is 1. The highest BCUT2D eigenvalue weighted by atomic mass is 32.1. The largest absolute Gasteiger partial charge is 0.381 e. The van der Waals surface area contributed by atoms with E-state index in [9.17, 15) is 19.2 Å². The van der Waals surface area contributed by atoms with E-state index in [0.717, 1.165) is 111 Å². The predicted molar refractivity (Wildman–Crippen MR) is 232 cm³/mol. The van der Waals surface area contributed by atoms with E-state index in [4.69, 9.17) is 4.98 Å². The van der Waals surface area contributed by atoms with E-state index in [1.54, 1.807) is 16.2 Å². The summed E-state index contributed by atoms with van der Waals surface area (Å²) >= 11 is 1.53. The molecular formula is C45H50N8O4S. The Morgan fingerprint density at radius 2 is 1.69 bits per heavy atom. The SMILES string of the molecule is C[C@@H]1CNc2c(sc3ccc4nc(-c5cccc(N6CCN(CCCCCCCc7cccc8c7n(C)c(=O)n8C7CCC(=O)NC7=O)CC6)c5)ccc4c23)C(=O)N1. The lowest BCUT2D eigenvalue weighted by Crippen LogP contribution is -2.46. The van der Waals surface area contributed by atoms with E-state index in [1.807, 2.05) is 19.1 Å². The number of hydrogen-bond acceptors (Lipinski definition) is 9. The first kappa shape index (κ1) is 38.0. The van der Waals surface area contributed by atoms with Crippen molar-refractivity contribution < 1.29 is 14.4 Å². The summed E-state index contributed by atoms with van der Waals surface area (Å²) in [6.07, 6.45) is 7.18. The third-order valence-corrected chi connectivity index (χ3v) is 13.4. The van der Waals surface area contributed by atoms with Gasteiger partial charge in [-0.2, -0.15) is 0 Å². The van der Waals surface area contributed by atoms with Crippen molar-refractivity contribution in [3.05, 3.63) is 87.7 Å². The third kappa shape index (κ3) is 7.26. The van der Waals surface area contributed by atoms with Crippen molar-refractivity contribution in [2.75, 3.05) is 49.5 Å². The monoisotopic (exact) mass is 798 g/mol. The molecule has 0 spiro atoms. The first-order valence-electron chi connectivity index (χ1n) is 20.7. The van der Waals surface area contributed by atoms with E-state index in [1.165, 1.54) is 36.3 Å². The van der Waals surface area contributed by atoms with Gasteiger partial charge in [-0.3, -0.25) is 33.7 Å². The Bertz CT molecular complexity index is 2620. The normalized spacial score (nSPS) is 19.0. The smallest absolute Gasteiger partial charge is 0.329 e. The van der Waals surface area contributed by atoms with Crippen LogP contribution in [0.25, 0.3) is 43.3 Å². The summed E-state index contributed by atoms with van der Waals surface area (Å²) in [5, 5.41) is 11.1. The van der Waals surface area contributed by atoms with Crippen LogP contribution in [-0.4, -0.2) is 82.1 Å². The maximum absolute atomic E-state index is 13.3. The molecule has 1 unspecified atom stereocenters. The van der Waals surface area contributed by atoms with Gasteiger partial charge in [0.2, 0.25) is 11.8 Å². The molecule has 3 N–H and O–H groups in total. The molecule has 9 rings (SSSR count). The highest BCUT2D eigenvalue weighted by Gasteiger charge is 2.32. The quantitative estimate of drug-likeness (QED) is 0.0987. The van der Waals surface area contributed by atoms with Gasteiger partial charge in [-0.15, -0.1) is 11.3 Å². The summed E-state index contributed by atoms with van der Waals surface area (Å²) in [6.45, 7) is 7.90. The van der Waals surface area contributed by atoms with Crippen LogP contribution in [0.1, 0.15) is 73.1 Å². The van der Waals surface area contributed by atoms with Gasteiger partial charge in [0, 0.05) is 79.0 Å². The Morgan fingerprint density at radius 1 is 0.879 bits per heavy atom. The maximum atomic E-state index is 13.3. The number of thiophene rings is 1. The molecule has 0 aliphatic carbocycles. The highest BCUT2D eigenvalue weighted by Crippen LogP contribution is 2.41. The van der Waals surface area contributed by atoms with Crippen molar-refractivity contribution in [2.24, 2.45) is 7.05 Å². The molecule has 3 aromatic carbocycles. The number of hydrogen-bond donors (Lipinski definition) is 3. The minimum Gasteiger partial charge on any atom is -0.381 e. The molecule has 3 aliphatic rings. The number of amides is 3. The number of imide groups is 1. The summed E-state index contributed by atoms with van der Waals surface area (Å²) in [5.41, 5.74) is 7.66. The van der Waals surface area contributed by atoms with Crippen LogP contribution in [0.3, 0.4) is 0 Å². The Labute approximate surface area is 341 Å². The fraction of sp³-hybridized carbons (Fsp3) is 0.400. The number of pyridine rings is 1. The standard InChI is InChI=1S/C45H50N8O4S/c1-28-27-46-40-39-32-15-16-33(48-34(32)17-19-37(39)58-42(40)44(56)47-28)30-12-8-13-31(26-30)52-24-22-51(23-25-52)21-7-5-3-4-6-10-29-11-9-14-35-41(29)50(2)45(57)53(35)36-18-20-38(54)49-43(36)55/h8-9,11-17,19,26,28,36,46H,3-7,10,18,20-25,27H2,1-2H3,(H,47,56)(H,49,54,55)/t28-,36?/m1/s1. The van der Waals surface area contributed by atoms with Gasteiger partial charge >= 0.3 is 5.69 Å². The third-order valence-electron chi connectivity index (χ3n) is 12.2. The van der Waals surface area contributed by atoms with Crippen molar-refractivity contribution in [3.8, 4) is 11.3 Å². The van der Waals surface area contributed by atoms with Crippen LogP contribution in [0.15, 0.2) is 71.5 Å². The van der Waals surface area contributed by atoms with Gasteiger partial charge in [-0.1, -0.05) is 43.5 Å². The number of benzene rings is 3. The lowest BCUT2D eigenvalue weighted by molar-refractivity contribution is -0.135. The predicted octanol–water partition coefficient (Wildman–Crippen LogP) is 6.61. The molecule has 0 radical (unpaired) electrons. The molecule has 12 nitrogen and oxygen atoms in total. The van der Waals surface area contributed by atoms with Crippen LogP contribution in [-0.2, 0) is 23.1 Å². The first-order chi connectivity index (χ1) is 28.2. The minimum absolute atomic E-state index is 0.0158. The molecule has 13 heteroatoms. The second-order valence-corrected chi connectivity index (χ2v) is 17.2. The second kappa shape index (κ2) is 16.0. The number of para-hydroxylation sites is 1. The number of aromatic nitrogens is 3. The number of carbonyl (C=O) groups is 3. The van der Waals surface area contributed by atoms with Crippen LogP contribution in [0.2, 0.25) is 0 Å². The number of piperazine rings is 1. The number of fused-ring (bicyclic) bond motifs is 6. The Morgan fingerprint density at radius 3 is 2.53 bits per heavy atom. The van der Waals surface area contributed by atoms with E-state index in [2.05, 4.69) is 80.3 Å². The van der Waals surface area contributed by atoms with Crippen LogP contribution in [0.5, 0.6) is 0 Å². The van der Waals surface area contributed by atoms with Gasteiger partial charge in [-0.05, 0) is 87.2 Å². The molecule has 3 amide bonds. The number of carbonyl (C=O) groups excluding carboxylic acids is 3. The molecule has 2 atom stereocenters. The summed E-state index contributed by atoms with van der Waals surface area (Å²) in [6, 6.07) is 22.5. The van der Waals surface area contributed by atoms with Gasteiger partial charge in [0.05, 0.1) is 27.9 Å². The number of aryl methyl sites for hydroxylation is 2. The molecule has 0 bridgehead atoms. The summed E-state index contributed by atoms with van der Waals surface area (Å²) in [5.74, 6) is -0.702. The fourth-order valence-electron chi connectivity index (χ4n) is 9.11. The average molecular weight is 799 g/mol. The van der Waals surface area contributed by atoms with Gasteiger partial charge < -0.3 is 15.5 Å². The molecule has 58 heavy (non-hydrogen) atoms. The molecule has 0 saturated carbocycles. The van der Waals surface area contributed by atoms with Crippen molar-refractivity contribution in [1.29, 1.82) is 0 Å². The minimum atomic E-state index is -0.664. The number of anilines is 2. The van der Waals surface area contributed by atoms with Crippen LogP contribution in [0.4, 0.5) is 11.4 Å². The van der Waals surface area contributed by atoms with Gasteiger partial charge in [0.1, 0.15) is 10.9 Å². The second-order valence-electron chi connectivity index (χ2n) is 16.1. The lowest BCUT2D eigenvalue weighted by atomic mass is 10.0. The lowest BCUT2D eigenvalue weighted by Gasteiger charge is -2.36. The van der Waals surface area contributed by atoms with Gasteiger partial charge in [0.25, 0.3) is 5.91 Å². The van der Waals surface area contributed by atoms with Crippen molar-refractivity contribution in [1.82, 2.24) is 29.7 Å². The van der Waals surface area contributed by atoms with E-state index < -0.39 is 11.9 Å². The van der Waals surface area contributed by atoms with E-state index in [0.29, 0.717) is 13.0 Å². The summed E-state index contributed by atoms with van der Waals surface area (Å²) < 4.78 is 4.31. The number of unbranched alkanes of at least 4 members (excludes halogenated alkanes) is 4. The molecule has 300 valence electrons. The molecule has 6 heterocycles. The Kier molecular flexibility index (Phi) is 10.5. The molecule has 3 aliphatic heterocycles. The maximum Gasteiger partial charge on any atom is 0.329 e. The zero-order chi connectivity index (χ0) is 39.9. The van der Waals surface area contributed by atoms with Crippen LogP contribution in [0, 0.1) is 0 Å². The van der Waals surface area contributed by atoms with Crippen molar-refractivity contribution >= 4 is 72.5 Å². The Hall–Kier alpha value is -5.53. The fourth-order valence-corrected chi connectivity index (χ4v) is 10.2.